The number of unbranched alkanes of at least 4 members (excludes halogenated alkanes) is 2. The molecule has 0 fully saturated rings. The first kappa shape index (κ1) is 12.1. The van der Waals surface area contributed by atoms with E-state index in [4.69, 9.17) is 4.74 Å². The molecule has 0 aliphatic heterocycles. The van der Waals surface area contributed by atoms with E-state index in [2.05, 4.69) is 31.9 Å². The van der Waals surface area contributed by atoms with Crippen molar-refractivity contribution in [3.63, 3.8) is 0 Å². The average molecular weight is 322 g/mol. The van der Waals surface area contributed by atoms with Crippen LogP contribution < -0.4 is 4.74 Å². The summed E-state index contributed by atoms with van der Waals surface area (Å²) in [6, 6.07) is 7.95. The molecule has 0 aliphatic carbocycles. The highest BCUT2D eigenvalue weighted by Gasteiger charge is 1.94. The van der Waals surface area contributed by atoms with E-state index in [1.807, 2.05) is 24.3 Å². The van der Waals surface area contributed by atoms with Crippen LogP contribution in [0.15, 0.2) is 28.7 Å². The Bertz CT molecular complexity index is 263. The van der Waals surface area contributed by atoms with E-state index >= 15 is 0 Å². The molecule has 3 heteroatoms. The fourth-order valence-electron chi connectivity index (χ4n) is 1.12. The fraction of sp³-hybridized carbons (Fsp3) is 0.455. The third kappa shape index (κ3) is 5.01. The van der Waals surface area contributed by atoms with E-state index in [0.717, 1.165) is 28.6 Å². The molecule has 0 amide bonds. The first-order valence-corrected chi connectivity index (χ1v) is 6.68. The molecule has 0 saturated heterocycles. The van der Waals surface area contributed by atoms with Crippen LogP contribution in [0.4, 0.5) is 0 Å². The predicted molar refractivity (Wildman–Crippen MR) is 67.3 cm³/mol. The van der Waals surface area contributed by atoms with Crippen LogP contribution in [0.5, 0.6) is 5.75 Å². The Balaban J connectivity index is 2.18. The maximum Gasteiger partial charge on any atom is 0.120 e. The molecule has 0 atom stereocenters. The Morgan fingerprint density at radius 3 is 2.71 bits per heavy atom. The lowest BCUT2D eigenvalue weighted by Gasteiger charge is -2.05. The molecule has 0 N–H and O–H groups in total. The predicted octanol–water partition coefficient (Wildman–Crippen LogP) is 4.39. The smallest absolute Gasteiger partial charge is 0.120 e. The van der Waals surface area contributed by atoms with E-state index in [0.29, 0.717) is 0 Å². The SMILES string of the molecule is BrCCCCCOc1cccc(Br)c1. The van der Waals surface area contributed by atoms with Crippen LogP contribution in [0.3, 0.4) is 0 Å². The molecule has 0 spiro atoms. The Labute approximate surface area is 102 Å². The Morgan fingerprint density at radius 1 is 1.14 bits per heavy atom. The van der Waals surface area contributed by atoms with Gasteiger partial charge >= 0.3 is 0 Å². The van der Waals surface area contributed by atoms with Crippen molar-refractivity contribution in [3.05, 3.63) is 28.7 Å². The lowest BCUT2D eigenvalue weighted by atomic mass is 10.3. The van der Waals surface area contributed by atoms with E-state index < -0.39 is 0 Å². The molecular formula is C11H14Br2O. The lowest BCUT2D eigenvalue weighted by Crippen LogP contribution is -1.97. The molecule has 0 aromatic heterocycles. The summed E-state index contributed by atoms with van der Waals surface area (Å²) in [5, 5.41) is 1.09. The van der Waals surface area contributed by atoms with Crippen LogP contribution in [0.25, 0.3) is 0 Å². The van der Waals surface area contributed by atoms with Gasteiger partial charge in [0.15, 0.2) is 0 Å². The number of ether oxygens (including phenoxy) is 1. The highest BCUT2D eigenvalue weighted by atomic mass is 79.9. The number of rotatable bonds is 6. The number of benzene rings is 1. The first-order chi connectivity index (χ1) is 6.83. The third-order valence-electron chi connectivity index (χ3n) is 1.84. The normalized spacial score (nSPS) is 10.1. The number of hydrogen-bond acceptors (Lipinski definition) is 1. The van der Waals surface area contributed by atoms with Gasteiger partial charge in [-0.3, -0.25) is 0 Å². The van der Waals surface area contributed by atoms with Gasteiger partial charge in [-0.2, -0.15) is 0 Å². The molecule has 0 radical (unpaired) electrons. The summed E-state index contributed by atoms with van der Waals surface area (Å²) in [6.45, 7) is 0.809. The Morgan fingerprint density at radius 2 is 2.00 bits per heavy atom. The van der Waals surface area contributed by atoms with Crippen LogP contribution in [0.1, 0.15) is 19.3 Å². The van der Waals surface area contributed by atoms with Crippen LogP contribution in [0, 0.1) is 0 Å². The van der Waals surface area contributed by atoms with Crippen molar-refractivity contribution < 1.29 is 4.74 Å². The molecule has 1 aromatic rings. The van der Waals surface area contributed by atoms with Crippen molar-refractivity contribution in [3.8, 4) is 5.75 Å². The van der Waals surface area contributed by atoms with Crippen LogP contribution in [0.2, 0.25) is 0 Å². The molecule has 1 aromatic carbocycles. The highest BCUT2D eigenvalue weighted by molar-refractivity contribution is 9.10. The molecule has 14 heavy (non-hydrogen) atoms. The first-order valence-electron chi connectivity index (χ1n) is 4.77. The summed E-state index contributed by atoms with van der Waals surface area (Å²) in [6.07, 6.45) is 3.57. The summed E-state index contributed by atoms with van der Waals surface area (Å²) < 4.78 is 6.65. The van der Waals surface area contributed by atoms with Crippen molar-refractivity contribution in [2.75, 3.05) is 11.9 Å². The molecule has 0 aliphatic rings. The van der Waals surface area contributed by atoms with Crippen LogP contribution in [-0.2, 0) is 0 Å². The molecule has 1 nitrogen and oxygen atoms in total. The van der Waals surface area contributed by atoms with Crippen molar-refractivity contribution in [2.24, 2.45) is 0 Å². The third-order valence-corrected chi connectivity index (χ3v) is 2.90. The Hall–Kier alpha value is -0.0200. The van der Waals surface area contributed by atoms with Gasteiger partial charge in [0.1, 0.15) is 5.75 Å². The molecule has 0 heterocycles. The maximum atomic E-state index is 5.59. The molecule has 0 bridgehead atoms. The zero-order valence-electron chi connectivity index (χ0n) is 8.01. The number of hydrogen-bond donors (Lipinski definition) is 0. The van der Waals surface area contributed by atoms with Gasteiger partial charge in [-0.25, -0.2) is 0 Å². The standard InChI is InChI=1S/C11H14Br2O/c12-7-2-1-3-8-14-11-6-4-5-10(13)9-11/h4-6,9H,1-3,7-8H2. The second-order valence-corrected chi connectivity index (χ2v) is 4.76. The van der Waals surface area contributed by atoms with Gasteiger partial charge in [-0.05, 0) is 37.5 Å². The summed E-state index contributed by atoms with van der Waals surface area (Å²) in [7, 11) is 0. The summed E-state index contributed by atoms with van der Waals surface area (Å²) >= 11 is 6.82. The largest absolute Gasteiger partial charge is 0.494 e. The zero-order valence-corrected chi connectivity index (χ0v) is 11.2. The van der Waals surface area contributed by atoms with Gasteiger partial charge in [-0.15, -0.1) is 0 Å². The minimum Gasteiger partial charge on any atom is -0.494 e. The number of alkyl halides is 1. The van der Waals surface area contributed by atoms with Gasteiger partial charge in [0.25, 0.3) is 0 Å². The second-order valence-electron chi connectivity index (χ2n) is 3.06. The van der Waals surface area contributed by atoms with Crippen LogP contribution in [-0.4, -0.2) is 11.9 Å². The van der Waals surface area contributed by atoms with E-state index in [-0.39, 0.29) is 0 Å². The Kier molecular flexibility index (Phi) is 6.28. The van der Waals surface area contributed by atoms with Gasteiger partial charge in [0.2, 0.25) is 0 Å². The monoisotopic (exact) mass is 320 g/mol. The van der Waals surface area contributed by atoms with E-state index in [1.54, 1.807) is 0 Å². The van der Waals surface area contributed by atoms with Crippen molar-refractivity contribution in [1.82, 2.24) is 0 Å². The van der Waals surface area contributed by atoms with Crippen molar-refractivity contribution >= 4 is 31.9 Å². The van der Waals surface area contributed by atoms with Crippen LogP contribution >= 0.6 is 31.9 Å². The van der Waals surface area contributed by atoms with E-state index in [9.17, 15) is 0 Å². The van der Waals surface area contributed by atoms with Gasteiger partial charge in [0, 0.05) is 9.80 Å². The summed E-state index contributed by atoms with van der Waals surface area (Å²) in [5.41, 5.74) is 0. The molecule has 1 rings (SSSR count). The summed E-state index contributed by atoms with van der Waals surface area (Å²) in [4.78, 5) is 0. The second kappa shape index (κ2) is 7.30. The molecular weight excluding hydrogens is 308 g/mol. The quantitative estimate of drug-likeness (QED) is 0.557. The topological polar surface area (TPSA) is 9.23 Å². The van der Waals surface area contributed by atoms with Gasteiger partial charge in [-0.1, -0.05) is 37.9 Å². The highest BCUT2D eigenvalue weighted by Crippen LogP contribution is 2.17. The van der Waals surface area contributed by atoms with Gasteiger partial charge < -0.3 is 4.74 Å². The summed E-state index contributed by atoms with van der Waals surface area (Å²) in [5.74, 6) is 0.943. The average Bonchev–Trinajstić information content (AvgIpc) is 2.18. The fourth-order valence-corrected chi connectivity index (χ4v) is 1.89. The van der Waals surface area contributed by atoms with Crippen molar-refractivity contribution in [2.45, 2.75) is 19.3 Å². The molecule has 78 valence electrons. The maximum absolute atomic E-state index is 5.59. The molecule has 0 unspecified atom stereocenters. The lowest BCUT2D eigenvalue weighted by molar-refractivity contribution is 0.306. The number of halogens is 2. The van der Waals surface area contributed by atoms with Crippen molar-refractivity contribution in [1.29, 1.82) is 0 Å². The zero-order chi connectivity index (χ0) is 10.2. The minimum atomic E-state index is 0.809. The molecule has 0 saturated carbocycles. The van der Waals surface area contributed by atoms with Gasteiger partial charge in [0.05, 0.1) is 6.61 Å². The van der Waals surface area contributed by atoms with E-state index in [1.165, 1.54) is 12.8 Å². The minimum absolute atomic E-state index is 0.809.